The normalized spacial score (nSPS) is 10.4. The maximum atomic E-state index is 8.77. The fourth-order valence-corrected chi connectivity index (χ4v) is 1.86. The van der Waals surface area contributed by atoms with Crippen LogP contribution in [0.3, 0.4) is 0 Å². The van der Waals surface area contributed by atoms with Crippen molar-refractivity contribution < 1.29 is 0 Å². The number of nitrogens with zero attached hydrogens (tertiary/aromatic N) is 4. The Labute approximate surface area is 73.1 Å². The van der Waals surface area contributed by atoms with E-state index in [1.165, 1.54) is 11.3 Å². The zero-order chi connectivity index (χ0) is 8.72. The summed E-state index contributed by atoms with van der Waals surface area (Å²) in [5.41, 5.74) is 1.28. The van der Waals surface area contributed by atoms with Crippen LogP contribution in [0.5, 0.6) is 0 Å². The second kappa shape index (κ2) is 2.29. The van der Waals surface area contributed by atoms with Crippen LogP contribution in [-0.4, -0.2) is 14.6 Å². The summed E-state index contributed by atoms with van der Waals surface area (Å²) in [6.45, 7) is 3.71. The van der Waals surface area contributed by atoms with Gasteiger partial charge in [0.1, 0.15) is 11.1 Å². The summed E-state index contributed by atoms with van der Waals surface area (Å²) in [7, 11) is 0. The van der Waals surface area contributed by atoms with Crippen molar-refractivity contribution in [1.29, 1.82) is 5.26 Å². The molecular weight excluding hydrogens is 172 g/mol. The highest BCUT2D eigenvalue weighted by atomic mass is 32.1. The van der Waals surface area contributed by atoms with Gasteiger partial charge < -0.3 is 0 Å². The number of aromatic nitrogens is 3. The van der Waals surface area contributed by atoms with Crippen molar-refractivity contribution in [1.82, 2.24) is 14.6 Å². The predicted molar refractivity (Wildman–Crippen MR) is 45.1 cm³/mol. The van der Waals surface area contributed by atoms with Crippen LogP contribution in [0.15, 0.2) is 0 Å². The molecule has 0 saturated carbocycles. The molecule has 0 N–H and O–H groups in total. The fraction of sp³-hybridized carbons (Fsp3) is 0.286. The zero-order valence-electron chi connectivity index (χ0n) is 6.70. The molecule has 0 radical (unpaired) electrons. The minimum atomic E-state index is 0.536. The smallest absolute Gasteiger partial charge is 0.213 e. The van der Waals surface area contributed by atoms with E-state index in [1.807, 2.05) is 13.8 Å². The molecule has 0 atom stereocenters. The molecule has 0 fully saturated rings. The van der Waals surface area contributed by atoms with Crippen molar-refractivity contribution in [3.05, 3.63) is 16.4 Å². The molecule has 0 aliphatic heterocycles. The van der Waals surface area contributed by atoms with Crippen LogP contribution in [0.25, 0.3) is 4.96 Å². The van der Waals surface area contributed by atoms with Crippen LogP contribution in [0.1, 0.15) is 16.4 Å². The number of rotatable bonds is 0. The number of aryl methyl sites for hydroxylation is 2. The van der Waals surface area contributed by atoms with Crippen LogP contribution in [0.4, 0.5) is 0 Å². The third-order valence-electron chi connectivity index (χ3n) is 1.58. The molecule has 0 saturated heterocycles. The van der Waals surface area contributed by atoms with Gasteiger partial charge in [-0.2, -0.15) is 14.9 Å². The first-order chi connectivity index (χ1) is 5.72. The van der Waals surface area contributed by atoms with Gasteiger partial charge in [0.05, 0.1) is 5.69 Å². The van der Waals surface area contributed by atoms with Crippen molar-refractivity contribution in [2.24, 2.45) is 0 Å². The summed E-state index contributed by atoms with van der Waals surface area (Å²) in [5, 5.41) is 13.8. The maximum Gasteiger partial charge on any atom is 0.213 e. The Hall–Kier alpha value is -1.41. The molecule has 5 heteroatoms. The lowest BCUT2D eigenvalue weighted by Crippen LogP contribution is -1.89. The lowest BCUT2D eigenvalue weighted by atomic mass is 10.4. The summed E-state index contributed by atoms with van der Waals surface area (Å²) < 4.78 is 1.59. The average Bonchev–Trinajstić information content (AvgIpc) is 2.43. The SMILES string of the molecule is Cc1nn2c(C#N)c(C)nc2s1. The highest BCUT2D eigenvalue weighted by Gasteiger charge is 2.10. The average molecular weight is 178 g/mol. The first-order valence-corrected chi connectivity index (χ1v) is 4.27. The third kappa shape index (κ3) is 0.818. The van der Waals surface area contributed by atoms with E-state index < -0.39 is 0 Å². The van der Waals surface area contributed by atoms with E-state index in [4.69, 9.17) is 5.26 Å². The quantitative estimate of drug-likeness (QED) is 0.610. The topological polar surface area (TPSA) is 54.0 Å². The van der Waals surface area contributed by atoms with Crippen LogP contribution >= 0.6 is 11.3 Å². The summed E-state index contributed by atoms with van der Waals surface area (Å²) >= 11 is 1.49. The van der Waals surface area contributed by atoms with Gasteiger partial charge in [-0.05, 0) is 13.8 Å². The Bertz CT molecular complexity index is 473. The highest BCUT2D eigenvalue weighted by molar-refractivity contribution is 7.16. The molecule has 0 aliphatic carbocycles. The molecule has 2 rings (SSSR count). The van der Waals surface area contributed by atoms with E-state index in [1.54, 1.807) is 4.52 Å². The van der Waals surface area contributed by atoms with Crippen LogP contribution in [0.2, 0.25) is 0 Å². The minimum absolute atomic E-state index is 0.536. The summed E-state index contributed by atoms with van der Waals surface area (Å²) in [6, 6.07) is 2.08. The molecule has 60 valence electrons. The molecule has 0 aliphatic rings. The largest absolute Gasteiger partial charge is 0.221 e. The first-order valence-electron chi connectivity index (χ1n) is 3.45. The van der Waals surface area contributed by atoms with E-state index in [-0.39, 0.29) is 0 Å². The maximum absolute atomic E-state index is 8.77. The Morgan fingerprint density at radius 2 is 2.25 bits per heavy atom. The third-order valence-corrected chi connectivity index (χ3v) is 2.41. The number of nitriles is 1. The second-order valence-electron chi connectivity index (χ2n) is 2.47. The van der Waals surface area contributed by atoms with E-state index in [0.717, 1.165) is 15.7 Å². The number of hydrogen-bond donors (Lipinski definition) is 0. The number of hydrogen-bond acceptors (Lipinski definition) is 4. The zero-order valence-corrected chi connectivity index (χ0v) is 7.51. The highest BCUT2D eigenvalue weighted by Crippen LogP contribution is 2.16. The van der Waals surface area contributed by atoms with Gasteiger partial charge in [-0.3, -0.25) is 0 Å². The van der Waals surface area contributed by atoms with Crippen molar-refractivity contribution in [3.8, 4) is 6.07 Å². The Kier molecular flexibility index (Phi) is 1.38. The molecule has 2 aromatic heterocycles. The monoisotopic (exact) mass is 178 g/mol. The molecule has 4 nitrogen and oxygen atoms in total. The van der Waals surface area contributed by atoms with Crippen molar-refractivity contribution in [3.63, 3.8) is 0 Å². The minimum Gasteiger partial charge on any atom is -0.221 e. The lowest BCUT2D eigenvalue weighted by molar-refractivity contribution is 0.927. The summed E-state index contributed by atoms with van der Waals surface area (Å²) in [5.74, 6) is 0. The van der Waals surface area contributed by atoms with Crippen molar-refractivity contribution in [2.45, 2.75) is 13.8 Å². The van der Waals surface area contributed by atoms with Gasteiger partial charge in [-0.15, -0.1) is 0 Å². The Morgan fingerprint density at radius 3 is 2.92 bits per heavy atom. The summed E-state index contributed by atoms with van der Waals surface area (Å²) in [4.78, 5) is 4.99. The standard InChI is InChI=1S/C7H6N4S/c1-4-6(3-8)11-7(9-4)12-5(2)10-11/h1-2H3. The molecule has 0 aromatic carbocycles. The van der Waals surface area contributed by atoms with Gasteiger partial charge in [0.2, 0.25) is 4.96 Å². The van der Waals surface area contributed by atoms with E-state index in [2.05, 4.69) is 16.2 Å². The number of imidazole rings is 1. The number of fused-ring (bicyclic) bond motifs is 1. The van der Waals surface area contributed by atoms with Gasteiger partial charge in [0.25, 0.3) is 0 Å². The molecular formula is C7H6N4S. The van der Waals surface area contributed by atoms with Gasteiger partial charge in [0.15, 0.2) is 5.69 Å². The van der Waals surface area contributed by atoms with Crippen molar-refractivity contribution in [2.75, 3.05) is 0 Å². The van der Waals surface area contributed by atoms with Gasteiger partial charge in [-0.1, -0.05) is 11.3 Å². The van der Waals surface area contributed by atoms with E-state index >= 15 is 0 Å². The Balaban J connectivity index is 2.89. The second-order valence-corrected chi connectivity index (χ2v) is 3.63. The summed E-state index contributed by atoms with van der Waals surface area (Å²) in [6.07, 6.45) is 0. The molecule has 0 amide bonds. The van der Waals surface area contributed by atoms with Crippen LogP contribution in [0, 0.1) is 25.2 Å². The van der Waals surface area contributed by atoms with Crippen molar-refractivity contribution >= 4 is 16.3 Å². The molecule has 0 unspecified atom stereocenters. The van der Waals surface area contributed by atoms with E-state index in [0.29, 0.717) is 5.69 Å². The molecule has 12 heavy (non-hydrogen) atoms. The van der Waals surface area contributed by atoms with Crippen LogP contribution in [-0.2, 0) is 0 Å². The van der Waals surface area contributed by atoms with Gasteiger partial charge >= 0.3 is 0 Å². The molecule has 2 aromatic rings. The van der Waals surface area contributed by atoms with E-state index in [9.17, 15) is 0 Å². The van der Waals surface area contributed by atoms with Gasteiger partial charge in [-0.25, -0.2) is 4.98 Å². The molecule has 2 heterocycles. The predicted octanol–water partition coefficient (Wildman–Crippen LogP) is 1.28. The molecule has 0 spiro atoms. The molecule has 0 bridgehead atoms. The first kappa shape index (κ1) is 7.25. The lowest BCUT2D eigenvalue weighted by Gasteiger charge is -1.83. The van der Waals surface area contributed by atoms with Gasteiger partial charge in [0, 0.05) is 0 Å². The Morgan fingerprint density at radius 1 is 1.50 bits per heavy atom. The van der Waals surface area contributed by atoms with Crippen LogP contribution < -0.4 is 0 Å². The fourth-order valence-electron chi connectivity index (χ4n) is 1.07.